The van der Waals surface area contributed by atoms with Gasteiger partial charge in [0.2, 0.25) is 5.91 Å². The van der Waals surface area contributed by atoms with Gasteiger partial charge in [-0.3, -0.25) is 19.3 Å². The van der Waals surface area contributed by atoms with Gasteiger partial charge in [0.05, 0.1) is 11.8 Å². The number of urea groups is 1. The topological polar surface area (TPSA) is 98.2 Å². The number of carboxylic acid groups (broad SMARTS) is 1. The summed E-state index contributed by atoms with van der Waals surface area (Å²) in [5.41, 5.74) is -0.202. The Hall–Kier alpha value is -2.90. The summed E-state index contributed by atoms with van der Waals surface area (Å²) in [4.78, 5) is 55.3. The fraction of sp³-hybridized carbons (Fsp3) is 0.565. The molecule has 8 nitrogen and oxygen atoms in total. The van der Waals surface area contributed by atoms with Crippen LogP contribution < -0.4 is 0 Å². The van der Waals surface area contributed by atoms with Crippen molar-refractivity contribution in [3.63, 3.8) is 0 Å². The maximum absolute atomic E-state index is 13.4. The molecule has 2 fully saturated rings. The molecule has 1 aromatic carbocycles. The number of imide groups is 1. The zero-order chi connectivity index (χ0) is 22.8. The van der Waals surface area contributed by atoms with Gasteiger partial charge >= 0.3 is 12.0 Å². The van der Waals surface area contributed by atoms with E-state index < -0.39 is 35.3 Å². The smallest absolute Gasteiger partial charge is 0.327 e. The first-order chi connectivity index (χ1) is 14.6. The Morgan fingerprint density at radius 1 is 1.03 bits per heavy atom. The molecule has 0 aromatic heterocycles. The average molecular weight is 430 g/mol. The molecule has 2 aliphatic rings. The Kier molecular flexibility index (Phi) is 6.67. The Morgan fingerprint density at radius 3 is 2.16 bits per heavy atom. The minimum Gasteiger partial charge on any atom is -0.481 e. The first-order valence-electron chi connectivity index (χ1n) is 10.8. The quantitative estimate of drug-likeness (QED) is 0.671. The lowest BCUT2D eigenvalue weighted by Crippen LogP contribution is -2.49. The number of likely N-dealkylation sites (tertiary alicyclic amines) is 1. The van der Waals surface area contributed by atoms with Crippen LogP contribution in [0.5, 0.6) is 0 Å². The molecule has 0 bridgehead atoms. The first-order valence-corrected chi connectivity index (χ1v) is 10.8. The van der Waals surface area contributed by atoms with Crippen LogP contribution in [0.3, 0.4) is 0 Å². The van der Waals surface area contributed by atoms with Crippen LogP contribution in [0.4, 0.5) is 4.79 Å². The number of carboxylic acids is 1. The third-order valence-electron chi connectivity index (χ3n) is 6.59. The predicted octanol–water partition coefficient (Wildman–Crippen LogP) is 2.23. The highest BCUT2D eigenvalue weighted by molar-refractivity contribution is 6.06. The number of benzene rings is 1. The molecular weight excluding hydrogens is 398 g/mol. The predicted molar refractivity (Wildman–Crippen MR) is 114 cm³/mol. The normalized spacial score (nSPS) is 20.7. The van der Waals surface area contributed by atoms with Crippen LogP contribution in [0.25, 0.3) is 0 Å². The van der Waals surface area contributed by atoms with Crippen LogP contribution in [-0.2, 0) is 20.8 Å². The largest absolute Gasteiger partial charge is 0.481 e. The van der Waals surface area contributed by atoms with Crippen molar-refractivity contribution in [2.24, 2.45) is 11.8 Å². The lowest BCUT2D eigenvalue weighted by Gasteiger charge is -2.33. The number of carbonyl (C=O) groups is 4. The molecule has 2 heterocycles. The summed E-state index contributed by atoms with van der Waals surface area (Å²) >= 11 is 0. The van der Waals surface area contributed by atoms with E-state index in [1.165, 1.54) is 11.9 Å². The fourth-order valence-corrected chi connectivity index (χ4v) is 4.33. The highest BCUT2D eigenvalue weighted by Gasteiger charge is 2.51. The van der Waals surface area contributed by atoms with Crippen molar-refractivity contribution in [1.29, 1.82) is 0 Å². The van der Waals surface area contributed by atoms with Crippen molar-refractivity contribution in [3.8, 4) is 0 Å². The van der Waals surface area contributed by atoms with E-state index in [1.807, 2.05) is 30.3 Å². The summed E-state index contributed by atoms with van der Waals surface area (Å²) in [6.45, 7) is 4.14. The number of piperidine rings is 1. The molecule has 0 spiro atoms. The lowest BCUT2D eigenvalue weighted by molar-refractivity contribution is -0.152. The van der Waals surface area contributed by atoms with Gasteiger partial charge in [-0.15, -0.1) is 0 Å². The van der Waals surface area contributed by atoms with Crippen molar-refractivity contribution in [1.82, 2.24) is 14.7 Å². The SMILES string of the molecule is CN1C(=O)N(C[C@H](C(=O)O)[C@@H](Cc2ccccc2)C(=O)N2CCCCC2)C(=O)C1(C)C. The Balaban J connectivity index is 1.91. The molecule has 1 N–H and O–H groups in total. The second kappa shape index (κ2) is 9.08. The van der Waals surface area contributed by atoms with Gasteiger partial charge in [-0.1, -0.05) is 30.3 Å². The third kappa shape index (κ3) is 4.57. The second-order valence-corrected chi connectivity index (χ2v) is 8.94. The van der Waals surface area contributed by atoms with Gasteiger partial charge in [0.25, 0.3) is 5.91 Å². The van der Waals surface area contributed by atoms with Crippen LogP contribution in [0, 0.1) is 11.8 Å². The molecule has 0 radical (unpaired) electrons. The minimum absolute atomic E-state index is 0.220. The number of hydrogen-bond acceptors (Lipinski definition) is 4. The van der Waals surface area contributed by atoms with Crippen LogP contribution in [0.15, 0.2) is 30.3 Å². The van der Waals surface area contributed by atoms with Gasteiger partial charge < -0.3 is 14.9 Å². The maximum atomic E-state index is 13.4. The van der Waals surface area contributed by atoms with Crippen molar-refractivity contribution in [3.05, 3.63) is 35.9 Å². The fourth-order valence-electron chi connectivity index (χ4n) is 4.33. The van der Waals surface area contributed by atoms with Gasteiger partial charge in [0.1, 0.15) is 5.54 Å². The molecule has 2 aliphatic heterocycles. The van der Waals surface area contributed by atoms with Crippen molar-refractivity contribution in [2.45, 2.75) is 45.1 Å². The Morgan fingerprint density at radius 2 is 1.65 bits per heavy atom. The van der Waals surface area contributed by atoms with Gasteiger partial charge in [-0.05, 0) is 45.1 Å². The van der Waals surface area contributed by atoms with E-state index in [4.69, 9.17) is 0 Å². The van der Waals surface area contributed by atoms with Crippen molar-refractivity contribution < 1.29 is 24.3 Å². The molecular formula is C23H31N3O5. The summed E-state index contributed by atoms with van der Waals surface area (Å²) in [5, 5.41) is 10.1. The minimum atomic E-state index is -1.19. The van der Waals surface area contributed by atoms with Crippen LogP contribution in [0.1, 0.15) is 38.7 Å². The lowest BCUT2D eigenvalue weighted by atomic mass is 9.84. The standard InChI is InChI=1S/C23H31N3O5/c1-23(2)21(30)26(22(31)24(23)3)15-18(20(28)29)17(14-16-10-6-4-7-11-16)19(27)25-12-8-5-9-13-25/h4,6-7,10-11,17-18H,5,8-9,12-15H2,1-3H3,(H,28,29)/t17-,18+/m1/s1. The average Bonchev–Trinajstić information content (AvgIpc) is 2.91. The summed E-state index contributed by atoms with van der Waals surface area (Å²) in [6, 6.07) is 8.73. The molecule has 31 heavy (non-hydrogen) atoms. The Bertz CT molecular complexity index is 848. The summed E-state index contributed by atoms with van der Waals surface area (Å²) < 4.78 is 0. The molecule has 0 unspecified atom stereocenters. The van der Waals surface area contributed by atoms with E-state index in [-0.39, 0.29) is 18.9 Å². The van der Waals surface area contributed by atoms with Crippen LogP contribution >= 0.6 is 0 Å². The highest BCUT2D eigenvalue weighted by atomic mass is 16.4. The van der Waals surface area contributed by atoms with Crippen molar-refractivity contribution in [2.75, 3.05) is 26.7 Å². The molecule has 3 rings (SSSR count). The van der Waals surface area contributed by atoms with E-state index in [0.717, 1.165) is 29.7 Å². The number of nitrogens with zero attached hydrogens (tertiary/aromatic N) is 3. The number of amides is 4. The number of hydrogen-bond donors (Lipinski definition) is 1. The monoisotopic (exact) mass is 429 g/mol. The molecule has 1 aromatic rings. The summed E-state index contributed by atoms with van der Waals surface area (Å²) in [7, 11) is 1.52. The molecule has 0 saturated carbocycles. The number of likely N-dealkylation sites (N-methyl/N-ethyl adjacent to an activating group) is 1. The maximum Gasteiger partial charge on any atom is 0.327 e. The van der Waals surface area contributed by atoms with Crippen LogP contribution in [0.2, 0.25) is 0 Å². The van der Waals surface area contributed by atoms with Gasteiger partial charge in [0, 0.05) is 26.7 Å². The second-order valence-electron chi connectivity index (χ2n) is 8.94. The zero-order valence-corrected chi connectivity index (χ0v) is 18.4. The van der Waals surface area contributed by atoms with E-state index in [0.29, 0.717) is 13.1 Å². The van der Waals surface area contributed by atoms with Crippen LogP contribution in [-0.4, -0.2) is 75.8 Å². The highest BCUT2D eigenvalue weighted by Crippen LogP contribution is 2.30. The first kappa shape index (κ1) is 22.8. The van der Waals surface area contributed by atoms with E-state index in [2.05, 4.69) is 0 Å². The molecule has 2 saturated heterocycles. The Labute approximate surface area is 182 Å². The van der Waals surface area contributed by atoms with Crippen molar-refractivity contribution >= 4 is 23.8 Å². The number of aliphatic carboxylic acids is 1. The number of carbonyl (C=O) groups excluding carboxylic acids is 3. The number of rotatable bonds is 7. The third-order valence-corrected chi connectivity index (χ3v) is 6.59. The van der Waals surface area contributed by atoms with E-state index in [1.54, 1.807) is 18.7 Å². The molecule has 0 aliphatic carbocycles. The molecule has 8 heteroatoms. The van der Waals surface area contributed by atoms with Gasteiger partial charge in [-0.25, -0.2) is 4.79 Å². The molecule has 2 atom stereocenters. The van der Waals surface area contributed by atoms with E-state index >= 15 is 0 Å². The van der Waals surface area contributed by atoms with Gasteiger partial charge in [-0.2, -0.15) is 0 Å². The summed E-state index contributed by atoms with van der Waals surface area (Å²) in [6.07, 6.45) is 3.07. The van der Waals surface area contributed by atoms with E-state index in [9.17, 15) is 24.3 Å². The summed E-state index contributed by atoms with van der Waals surface area (Å²) in [5.74, 6) is -3.91. The zero-order valence-electron chi connectivity index (χ0n) is 18.4. The molecule has 168 valence electrons. The van der Waals surface area contributed by atoms with Gasteiger partial charge in [0.15, 0.2) is 0 Å². The molecule has 4 amide bonds.